The molecule has 1 aromatic heterocycles. The highest BCUT2D eigenvalue weighted by molar-refractivity contribution is 6.09. The van der Waals surface area contributed by atoms with Gasteiger partial charge in [-0.3, -0.25) is 14.4 Å². The second-order valence-corrected chi connectivity index (χ2v) is 9.60. The average Bonchev–Trinajstić information content (AvgIpc) is 3.33. The molecule has 2 aromatic carbocycles. The SMILES string of the molecule is Cc1cc(C2=NC(c3ccc(OC(F)(F)F)cc3)=NCO2)nn1Cc1cccc(C(=O)N2CCN(CCF)CC2)c1. The van der Waals surface area contributed by atoms with Gasteiger partial charge in [0.25, 0.3) is 5.91 Å². The van der Waals surface area contributed by atoms with E-state index in [-0.39, 0.29) is 24.3 Å². The van der Waals surface area contributed by atoms with Gasteiger partial charge < -0.3 is 14.4 Å². The number of aryl methyl sites for hydroxylation is 1. The summed E-state index contributed by atoms with van der Waals surface area (Å²) in [5.74, 6) is 0.144. The van der Waals surface area contributed by atoms with Crippen LogP contribution < -0.4 is 4.74 Å². The number of carbonyl (C=O) groups is 1. The van der Waals surface area contributed by atoms with Crippen LogP contribution in [0.3, 0.4) is 0 Å². The largest absolute Gasteiger partial charge is 0.573 e. The number of benzene rings is 2. The molecular formula is C28H28F4N6O3. The van der Waals surface area contributed by atoms with Gasteiger partial charge in [-0.15, -0.1) is 13.2 Å². The summed E-state index contributed by atoms with van der Waals surface area (Å²) in [7, 11) is 0. The molecule has 2 aliphatic rings. The maximum Gasteiger partial charge on any atom is 0.573 e. The molecule has 216 valence electrons. The van der Waals surface area contributed by atoms with E-state index in [0.717, 1.165) is 11.3 Å². The third kappa shape index (κ3) is 7.09. The van der Waals surface area contributed by atoms with E-state index in [9.17, 15) is 22.4 Å². The standard InChI is InChI=1S/C28H28F4N6O3/c1-19-15-24(26-34-25(33-18-40-26)21-5-7-23(8-6-21)41-28(30,31)32)35-38(19)17-20-3-2-4-22(16-20)27(39)37-13-11-36(10-9-29)12-14-37/h2-8,15-16H,9-14,17-18H2,1H3. The first-order chi connectivity index (χ1) is 19.7. The molecule has 0 bridgehead atoms. The lowest BCUT2D eigenvalue weighted by Gasteiger charge is -2.34. The summed E-state index contributed by atoms with van der Waals surface area (Å²) in [5.41, 5.74) is 3.29. The Morgan fingerprint density at radius 2 is 1.80 bits per heavy atom. The highest BCUT2D eigenvalue weighted by atomic mass is 19.4. The van der Waals surface area contributed by atoms with E-state index in [1.807, 2.05) is 36.1 Å². The van der Waals surface area contributed by atoms with Gasteiger partial charge in [0.1, 0.15) is 18.1 Å². The number of piperazine rings is 1. The molecule has 3 heterocycles. The van der Waals surface area contributed by atoms with E-state index in [2.05, 4.69) is 19.8 Å². The number of rotatable bonds is 8. The van der Waals surface area contributed by atoms with Gasteiger partial charge >= 0.3 is 6.36 Å². The Kier molecular flexibility index (Phi) is 8.34. The van der Waals surface area contributed by atoms with Gasteiger partial charge in [0.15, 0.2) is 12.6 Å². The first-order valence-electron chi connectivity index (χ1n) is 13.0. The van der Waals surface area contributed by atoms with E-state index in [0.29, 0.717) is 61.9 Å². The number of amidine groups is 1. The maximum atomic E-state index is 13.1. The van der Waals surface area contributed by atoms with Gasteiger partial charge in [-0.25, -0.2) is 9.38 Å². The molecule has 3 aromatic rings. The summed E-state index contributed by atoms with van der Waals surface area (Å²) in [6.07, 6.45) is -4.77. The number of alkyl halides is 4. The van der Waals surface area contributed by atoms with E-state index in [1.54, 1.807) is 15.6 Å². The molecule has 0 unspecified atom stereocenters. The molecule has 0 saturated carbocycles. The molecule has 1 fully saturated rings. The summed E-state index contributed by atoms with van der Waals surface area (Å²) in [5, 5.41) is 4.63. The number of aromatic nitrogens is 2. The second kappa shape index (κ2) is 12.1. The fourth-order valence-electron chi connectivity index (χ4n) is 4.64. The number of halogens is 4. The average molecular weight is 573 g/mol. The zero-order valence-electron chi connectivity index (χ0n) is 22.3. The number of hydrogen-bond acceptors (Lipinski definition) is 7. The molecule has 0 radical (unpaired) electrons. The Hall–Kier alpha value is -4.26. The van der Waals surface area contributed by atoms with Crippen LogP contribution in [0.15, 0.2) is 64.6 Å². The molecular weight excluding hydrogens is 544 g/mol. The lowest BCUT2D eigenvalue weighted by Crippen LogP contribution is -2.49. The molecule has 0 N–H and O–H groups in total. The van der Waals surface area contributed by atoms with Gasteiger partial charge in [-0.2, -0.15) is 10.1 Å². The zero-order valence-corrected chi connectivity index (χ0v) is 22.3. The van der Waals surface area contributed by atoms with Crippen molar-refractivity contribution in [2.75, 3.05) is 46.1 Å². The van der Waals surface area contributed by atoms with Crippen molar-refractivity contribution in [1.82, 2.24) is 19.6 Å². The smallest absolute Gasteiger partial charge is 0.453 e. The van der Waals surface area contributed by atoms with Crippen molar-refractivity contribution in [3.63, 3.8) is 0 Å². The lowest BCUT2D eigenvalue weighted by molar-refractivity contribution is -0.274. The van der Waals surface area contributed by atoms with Crippen LogP contribution in [0.1, 0.15) is 32.9 Å². The van der Waals surface area contributed by atoms with Crippen LogP contribution in [0.25, 0.3) is 0 Å². The molecule has 9 nitrogen and oxygen atoms in total. The summed E-state index contributed by atoms with van der Waals surface area (Å²) in [6.45, 7) is 4.70. The number of aliphatic imine (C=N–C) groups is 2. The zero-order chi connectivity index (χ0) is 29.0. The van der Waals surface area contributed by atoms with Crippen LogP contribution in [-0.2, 0) is 11.3 Å². The van der Waals surface area contributed by atoms with Gasteiger partial charge in [0.05, 0.1) is 6.54 Å². The van der Waals surface area contributed by atoms with Gasteiger partial charge in [-0.05, 0) is 55.0 Å². The lowest BCUT2D eigenvalue weighted by atomic mass is 10.1. The molecule has 13 heteroatoms. The minimum absolute atomic E-state index is 0.0208. The summed E-state index contributed by atoms with van der Waals surface area (Å²) < 4.78 is 61.3. The van der Waals surface area contributed by atoms with Crippen LogP contribution in [0.4, 0.5) is 17.6 Å². The van der Waals surface area contributed by atoms with Gasteiger partial charge in [0.2, 0.25) is 5.90 Å². The van der Waals surface area contributed by atoms with Crippen LogP contribution >= 0.6 is 0 Å². The molecule has 0 atom stereocenters. The van der Waals surface area contributed by atoms with Crippen molar-refractivity contribution >= 4 is 17.6 Å². The van der Waals surface area contributed by atoms with Crippen LogP contribution in [0, 0.1) is 6.92 Å². The van der Waals surface area contributed by atoms with Crippen LogP contribution in [-0.4, -0.2) is 89.7 Å². The molecule has 41 heavy (non-hydrogen) atoms. The monoisotopic (exact) mass is 572 g/mol. The van der Waals surface area contributed by atoms with Crippen molar-refractivity contribution in [3.05, 3.63) is 82.7 Å². The highest BCUT2D eigenvalue weighted by Gasteiger charge is 2.31. The van der Waals surface area contributed by atoms with Crippen LogP contribution in [0.2, 0.25) is 0 Å². The molecule has 5 rings (SSSR count). The van der Waals surface area contributed by atoms with Crippen LogP contribution in [0.5, 0.6) is 5.75 Å². The minimum atomic E-state index is -4.77. The predicted octanol–water partition coefficient (Wildman–Crippen LogP) is 4.05. The number of hydrogen-bond donors (Lipinski definition) is 0. The number of nitrogens with zero attached hydrogens (tertiary/aromatic N) is 6. The van der Waals surface area contributed by atoms with E-state index in [1.165, 1.54) is 24.3 Å². The molecule has 0 spiro atoms. The Morgan fingerprint density at radius 3 is 2.51 bits per heavy atom. The molecule has 0 aliphatic carbocycles. The fourth-order valence-corrected chi connectivity index (χ4v) is 4.64. The molecule has 1 saturated heterocycles. The Morgan fingerprint density at radius 1 is 1.05 bits per heavy atom. The second-order valence-electron chi connectivity index (χ2n) is 9.60. The van der Waals surface area contributed by atoms with Gasteiger partial charge in [-0.1, -0.05) is 12.1 Å². The van der Waals surface area contributed by atoms with Crippen molar-refractivity contribution in [1.29, 1.82) is 0 Å². The third-order valence-corrected chi connectivity index (χ3v) is 6.74. The van der Waals surface area contributed by atoms with E-state index < -0.39 is 13.0 Å². The number of carbonyl (C=O) groups excluding carboxylic acids is 1. The number of amides is 1. The predicted molar refractivity (Wildman–Crippen MR) is 143 cm³/mol. The topological polar surface area (TPSA) is 84.5 Å². The quantitative estimate of drug-likeness (QED) is 0.381. The molecule has 1 amide bonds. The van der Waals surface area contributed by atoms with E-state index in [4.69, 9.17) is 4.74 Å². The summed E-state index contributed by atoms with van der Waals surface area (Å²) in [4.78, 5) is 25.5. The Bertz CT molecular complexity index is 1440. The first-order valence-corrected chi connectivity index (χ1v) is 13.0. The van der Waals surface area contributed by atoms with E-state index >= 15 is 0 Å². The third-order valence-electron chi connectivity index (χ3n) is 6.74. The van der Waals surface area contributed by atoms with Crippen molar-refractivity contribution in [2.45, 2.75) is 19.8 Å². The summed E-state index contributed by atoms with van der Waals surface area (Å²) in [6, 6.07) is 14.5. The fraction of sp³-hybridized carbons (Fsp3) is 0.357. The first kappa shape index (κ1) is 28.3. The van der Waals surface area contributed by atoms with Crippen molar-refractivity contribution in [3.8, 4) is 5.75 Å². The van der Waals surface area contributed by atoms with Gasteiger partial charge in [0, 0.05) is 49.5 Å². The minimum Gasteiger partial charge on any atom is -0.453 e. The summed E-state index contributed by atoms with van der Waals surface area (Å²) >= 11 is 0. The maximum absolute atomic E-state index is 13.1. The number of ether oxygens (including phenoxy) is 2. The molecule has 2 aliphatic heterocycles. The Labute approximate surface area is 233 Å². The van der Waals surface area contributed by atoms with Crippen molar-refractivity contribution in [2.24, 2.45) is 9.98 Å². The Balaban J connectivity index is 1.26. The van der Waals surface area contributed by atoms with Crippen molar-refractivity contribution < 1.29 is 31.8 Å². The highest BCUT2D eigenvalue weighted by Crippen LogP contribution is 2.23. The normalized spacial score (nSPS) is 16.2.